The Morgan fingerprint density at radius 3 is 2.74 bits per heavy atom. The van der Waals surface area contributed by atoms with Crippen molar-refractivity contribution in [3.63, 3.8) is 0 Å². The van der Waals surface area contributed by atoms with Gasteiger partial charge >= 0.3 is 0 Å². The SMILES string of the molecule is CCNC(=NCCC1=CCOCC1)N1CCN(c2cc(F)ccc2F)CC1. The second-order valence-electron chi connectivity index (χ2n) is 6.74. The number of anilines is 1. The van der Waals surface area contributed by atoms with Gasteiger partial charge in [-0.1, -0.05) is 11.6 Å². The molecule has 0 aliphatic carbocycles. The minimum atomic E-state index is -0.411. The van der Waals surface area contributed by atoms with Crippen LogP contribution in [0.25, 0.3) is 0 Å². The molecule has 7 heteroatoms. The van der Waals surface area contributed by atoms with E-state index in [1.165, 1.54) is 17.7 Å². The zero-order valence-corrected chi connectivity index (χ0v) is 15.9. The van der Waals surface area contributed by atoms with E-state index in [1.807, 2.05) is 4.90 Å². The standard InChI is InChI=1S/C20H28F2N4O/c1-2-23-20(24-8-5-16-6-13-27-14-7-16)26-11-9-25(10-12-26)19-15-17(21)3-4-18(19)22/h3-4,6,15H,2,5,7-14H2,1H3,(H,23,24). The largest absolute Gasteiger partial charge is 0.377 e. The van der Waals surface area contributed by atoms with Crippen molar-refractivity contribution in [1.29, 1.82) is 0 Å². The van der Waals surface area contributed by atoms with Crippen LogP contribution in [0.4, 0.5) is 14.5 Å². The van der Waals surface area contributed by atoms with Crippen LogP contribution in [-0.4, -0.2) is 63.3 Å². The minimum Gasteiger partial charge on any atom is -0.377 e. The van der Waals surface area contributed by atoms with Crippen LogP contribution in [0.5, 0.6) is 0 Å². The van der Waals surface area contributed by atoms with E-state index in [0.717, 1.165) is 57.7 Å². The summed E-state index contributed by atoms with van der Waals surface area (Å²) < 4.78 is 32.8. The molecule has 1 aromatic carbocycles. The number of hydrogen-bond donors (Lipinski definition) is 1. The zero-order valence-electron chi connectivity index (χ0n) is 15.9. The molecular weight excluding hydrogens is 350 g/mol. The Morgan fingerprint density at radius 2 is 2.04 bits per heavy atom. The van der Waals surface area contributed by atoms with Crippen molar-refractivity contribution < 1.29 is 13.5 Å². The monoisotopic (exact) mass is 378 g/mol. The van der Waals surface area contributed by atoms with Crippen LogP contribution in [0.15, 0.2) is 34.8 Å². The van der Waals surface area contributed by atoms with Crippen molar-refractivity contribution in [3.8, 4) is 0 Å². The van der Waals surface area contributed by atoms with E-state index in [9.17, 15) is 8.78 Å². The van der Waals surface area contributed by atoms with Gasteiger partial charge in [-0.25, -0.2) is 8.78 Å². The Hall–Kier alpha value is -2.15. The Kier molecular flexibility index (Phi) is 7.04. The summed E-state index contributed by atoms with van der Waals surface area (Å²) in [6, 6.07) is 3.61. The maximum atomic E-state index is 14.0. The first-order valence-electron chi connectivity index (χ1n) is 9.66. The van der Waals surface area contributed by atoms with Gasteiger partial charge in [0, 0.05) is 45.3 Å². The zero-order chi connectivity index (χ0) is 19.1. The normalized spacial score (nSPS) is 18.5. The van der Waals surface area contributed by atoms with Gasteiger partial charge < -0.3 is 19.9 Å². The number of halogens is 2. The molecule has 3 rings (SSSR count). The number of benzene rings is 1. The molecule has 2 aliphatic heterocycles. The van der Waals surface area contributed by atoms with Gasteiger partial charge in [0.15, 0.2) is 5.96 Å². The molecule has 0 spiro atoms. The molecule has 1 N–H and O–H groups in total. The van der Waals surface area contributed by atoms with Crippen LogP contribution in [0.3, 0.4) is 0 Å². The molecule has 0 bridgehead atoms. The van der Waals surface area contributed by atoms with Gasteiger partial charge in [-0.3, -0.25) is 4.99 Å². The maximum Gasteiger partial charge on any atom is 0.194 e. The summed E-state index contributed by atoms with van der Waals surface area (Å²) in [7, 11) is 0. The van der Waals surface area contributed by atoms with E-state index >= 15 is 0 Å². The molecule has 148 valence electrons. The highest BCUT2D eigenvalue weighted by atomic mass is 19.1. The average molecular weight is 378 g/mol. The van der Waals surface area contributed by atoms with Gasteiger partial charge in [-0.2, -0.15) is 0 Å². The highest BCUT2D eigenvalue weighted by Gasteiger charge is 2.22. The number of aliphatic imine (C=N–C) groups is 1. The predicted molar refractivity (Wildman–Crippen MR) is 104 cm³/mol. The topological polar surface area (TPSA) is 40.1 Å². The lowest BCUT2D eigenvalue weighted by molar-refractivity contribution is 0.153. The van der Waals surface area contributed by atoms with Gasteiger partial charge in [0.1, 0.15) is 11.6 Å². The van der Waals surface area contributed by atoms with E-state index in [0.29, 0.717) is 25.4 Å². The van der Waals surface area contributed by atoms with E-state index in [1.54, 1.807) is 0 Å². The Bertz CT molecular complexity index is 685. The molecule has 27 heavy (non-hydrogen) atoms. The van der Waals surface area contributed by atoms with Crippen molar-refractivity contribution in [2.24, 2.45) is 4.99 Å². The van der Waals surface area contributed by atoms with Crippen molar-refractivity contribution >= 4 is 11.6 Å². The highest BCUT2D eigenvalue weighted by molar-refractivity contribution is 5.80. The second-order valence-corrected chi connectivity index (χ2v) is 6.74. The Balaban J connectivity index is 1.57. The van der Waals surface area contributed by atoms with Crippen LogP contribution < -0.4 is 10.2 Å². The summed E-state index contributed by atoms with van der Waals surface area (Å²) in [4.78, 5) is 8.84. The third-order valence-corrected chi connectivity index (χ3v) is 4.91. The van der Waals surface area contributed by atoms with Gasteiger partial charge in [-0.15, -0.1) is 0 Å². The second kappa shape index (κ2) is 9.69. The summed E-state index contributed by atoms with van der Waals surface area (Å²) in [6.07, 6.45) is 4.09. The van der Waals surface area contributed by atoms with Gasteiger partial charge in [0.25, 0.3) is 0 Å². The lowest BCUT2D eigenvalue weighted by atomic mass is 10.1. The fraction of sp³-hybridized carbons (Fsp3) is 0.550. The van der Waals surface area contributed by atoms with E-state index in [4.69, 9.17) is 9.73 Å². The molecule has 0 radical (unpaired) electrons. The van der Waals surface area contributed by atoms with Crippen molar-refractivity contribution in [3.05, 3.63) is 41.5 Å². The molecule has 0 amide bonds. The number of nitrogens with one attached hydrogen (secondary N) is 1. The summed E-state index contributed by atoms with van der Waals surface area (Å²) >= 11 is 0. The fourth-order valence-corrected chi connectivity index (χ4v) is 3.41. The minimum absolute atomic E-state index is 0.336. The molecule has 0 atom stereocenters. The quantitative estimate of drug-likeness (QED) is 0.486. The first-order valence-corrected chi connectivity index (χ1v) is 9.66. The van der Waals surface area contributed by atoms with Gasteiger partial charge in [0.05, 0.1) is 18.9 Å². The maximum absolute atomic E-state index is 14.0. The first-order chi connectivity index (χ1) is 13.2. The number of piperazine rings is 1. The Morgan fingerprint density at radius 1 is 1.22 bits per heavy atom. The average Bonchev–Trinajstić information content (AvgIpc) is 2.70. The van der Waals surface area contributed by atoms with Gasteiger partial charge in [0.2, 0.25) is 0 Å². The first kappa shape index (κ1) is 19.6. The third-order valence-electron chi connectivity index (χ3n) is 4.91. The summed E-state index contributed by atoms with van der Waals surface area (Å²) in [5.74, 6) is 0.103. The molecule has 2 aliphatic rings. The molecule has 5 nitrogen and oxygen atoms in total. The van der Waals surface area contributed by atoms with E-state index in [-0.39, 0.29) is 5.82 Å². The number of guanidine groups is 1. The van der Waals surface area contributed by atoms with E-state index in [2.05, 4.69) is 23.2 Å². The van der Waals surface area contributed by atoms with Crippen molar-refractivity contribution in [2.75, 3.05) is 57.4 Å². The predicted octanol–water partition coefficient (Wildman–Crippen LogP) is 2.79. The lowest BCUT2D eigenvalue weighted by Crippen LogP contribution is -2.52. The molecule has 0 saturated carbocycles. The molecule has 2 heterocycles. The fourth-order valence-electron chi connectivity index (χ4n) is 3.41. The summed E-state index contributed by atoms with van der Waals surface area (Å²) in [5, 5.41) is 3.34. The highest BCUT2D eigenvalue weighted by Crippen LogP contribution is 2.22. The summed E-state index contributed by atoms with van der Waals surface area (Å²) in [5.41, 5.74) is 1.75. The molecule has 0 unspecified atom stereocenters. The number of nitrogens with zero attached hydrogens (tertiary/aromatic N) is 3. The number of hydrogen-bond acceptors (Lipinski definition) is 3. The Labute approximate surface area is 159 Å². The molecular formula is C20H28F2N4O. The van der Waals surface area contributed by atoms with Crippen molar-refractivity contribution in [1.82, 2.24) is 10.2 Å². The molecule has 1 saturated heterocycles. The van der Waals surface area contributed by atoms with Crippen LogP contribution in [-0.2, 0) is 4.74 Å². The van der Waals surface area contributed by atoms with Gasteiger partial charge in [-0.05, 0) is 31.9 Å². The van der Waals surface area contributed by atoms with Crippen LogP contribution in [0, 0.1) is 11.6 Å². The molecule has 0 aromatic heterocycles. The molecule has 1 aromatic rings. The number of ether oxygens (including phenoxy) is 1. The third kappa shape index (κ3) is 5.42. The van der Waals surface area contributed by atoms with Crippen LogP contribution in [0.2, 0.25) is 0 Å². The smallest absolute Gasteiger partial charge is 0.194 e. The van der Waals surface area contributed by atoms with Crippen molar-refractivity contribution in [2.45, 2.75) is 19.8 Å². The van der Waals surface area contributed by atoms with E-state index < -0.39 is 5.82 Å². The molecule has 1 fully saturated rings. The number of rotatable bonds is 5. The van der Waals surface area contributed by atoms with Crippen LogP contribution in [0.1, 0.15) is 19.8 Å². The lowest BCUT2D eigenvalue weighted by Gasteiger charge is -2.37. The van der Waals surface area contributed by atoms with Crippen LogP contribution >= 0.6 is 0 Å². The summed E-state index contributed by atoms with van der Waals surface area (Å²) in [6.45, 7) is 7.80.